The Morgan fingerprint density at radius 1 is 0.662 bits per heavy atom. The van der Waals surface area contributed by atoms with Crippen LogP contribution in [0.15, 0.2) is 47.6 Å². The van der Waals surface area contributed by atoms with Gasteiger partial charge in [-0.1, -0.05) is 94.3 Å². The van der Waals surface area contributed by atoms with E-state index in [2.05, 4.69) is 48.3 Å². The molecule has 4 N–H and O–H groups in total. The second kappa shape index (κ2) is 30.5. The van der Waals surface area contributed by atoms with Crippen LogP contribution in [0, 0.1) is 25.7 Å². The van der Waals surface area contributed by atoms with Crippen LogP contribution in [-0.4, -0.2) is 114 Å². The van der Waals surface area contributed by atoms with Crippen molar-refractivity contribution in [3.63, 3.8) is 0 Å². The Hall–Kier alpha value is -4.79. The molecule has 0 saturated carbocycles. The lowest BCUT2D eigenvalue weighted by molar-refractivity contribution is -0.148. The molecule has 2 heterocycles. The van der Waals surface area contributed by atoms with Gasteiger partial charge in [-0.3, -0.25) is 18.7 Å². The molecule has 4 atom stereocenters. The number of allylic oxidation sites excluding steroid dienone is 8. The molecule has 0 amide bonds. The largest absolute Gasteiger partial charge is 0.507 e. The standard InChI is InChI=1S/C32H53O9PSi2.C22H29O9P.CH4/c1-23(21-25(13-11-12-18-42(35,36)38-4)31(33)40-17-20-44(8,9)10)14-15-26-29(37-3)24(2)27-22-41-32(34)28(27)30(26)39-16-19-43(5,6)7;1-13(11-15(21(24)25)7-5-6-10-32(27,28)30-4)8-9-16-19(23)18-17(12-31-22(18)26)14(2)20(16)29-3;/h11-12,14,25H,13,15-22H2,1-10H3,(H,35,36);5-6,8,15,23H,7,9-12H2,1-4H3,(H,24,25)(H,27,28);1H4/b12-11+,23-14+;6-5+,13-8+;. The minimum absolute atomic E-state index is 0. The molecule has 77 heavy (non-hydrogen) atoms. The van der Waals surface area contributed by atoms with E-state index in [1.165, 1.54) is 20.3 Å². The van der Waals surface area contributed by atoms with E-state index in [1.54, 1.807) is 45.3 Å². The van der Waals surface area contributed by atoms with Crippen molar-refractivity contribution in [2.45, 2.75) is 138 Å². The fraction of sp³-hybridized carbons (Fsp3) is 0.564. The van der Waals surface area contributed by atoms with Gasteiger partial charge in [0, 0.05) is 52.6 Å². The van der Waals surface area contributed by atoms with Crippen molar-refractivity contribution in [2.75, 3.05) is 54.0 Å². The zero-order valence-electron chi connectivity index (χ0n) is 46.9. The van der Waals surface area contributed by atoms with Crippen LogP contribution in [0.25, 0.3) is 0 Å². The number of phenols is 1. The van der Waals surface area contributed by atoms with E-state index >= 15 is 0 Å². The van der Waals surface area contributed by atoms with Gasteiger partial charge in [-0.2, -0.15) is 0 Å². The van der Waals surface area contributed by atoms with Gasteiger partial charge in [0.2, 0.25) is 0 Å². The van der Waals surface area contributed by atoms with Crippen LogP contribution in [-0.2, 0) is 68.0 Å². The number of cyclic esters (lactones) is 2. The van der Waals surface area contributed by atoms with Gasteiger partial charge < -0.3 is 57.5 Å². The van der Waals surface area contributed by atoms with Crippen LogP contribution in [0.4, 0.5) is 0 Å². The number of hydrogen-bond acceptors (Lipinski definition) is 15. The van der Waals surface area contributed by atoms with Crippen molar-refractivity contribution in [1.82, 2.24) is 0 Å². The highest BCUT2D eigenvalue weighted by atomic mass is 31.2. The number of carboxylic acids is 1. The number of carbonyl (C=O) groups is 4. The maximum absolute atomic E-state index is 13.2. The molecule has 0 radical (unpaired) electrons. The van der Waals surface area contributed by atoms with E-state index in [1.807, 2.05) is 19.9 Å². The molecule has 0 spiro atoms. The first kappa shape index (κ1) is 68.3. The molecule has 2 aliphatic heterocycles. The predicted octanol–water partition coefficient (Wildman–Crippen LogP) is 11.9. The van der Waals surface area contributed by atoms with Gasteiger partial charge in [-0.05, 0) is 89.4 Å². The Morgan fingerprint density at radius 3 is 1.56 bits per heavy atom. The number of carbonyl (C=O) groups excluding carboxylic acids is 3. The fourth-order valence-electron chi connectivity index (χ4n) is 8.35. The number of methoxy groups -OCH3 is 2. The summed E-state index contributed by atoms with van der Waals surface area (Å²) >= 11 is 0. The summed E-state index contributed by atoms with van der Waals surface area (Å²) in [6, 6.07) is 1.81. The average Bonchev–Trinajstić information content (AvgIpc) is 3.93. The molecular weight excluding hydrogens is 1070 g/mol. The van der Waals surface area contributed by atoms with Crippen molar-refractivity contribution in [2.24, 2.45) is 11.8 Å². The first-order chi connectivity index (χ1) is 35.4. The average molecular weight is 1150 g/mol. The molecule has 432 valence electrons. The molecule has 4 unspecified atom stereocenters. The molecule has 0 aliphatic carbocycles. The lowest BCUT2D eigenvalue weighted by atomic mass is 9.93. The number of fused-ring (bicyclic) bond motifs is 2. The maximum atomic E-state index is 13.2. The second-order valence-electron chi connectivity index (χ2n) is 21.5. The molecular formula is C55H86O18P2Si2. The van der Waals surface area contributed by atoms with Gasteiger partial charge in [0.25, 0.3) is 0 Å². The summed E-state index contributed by atoms with van der Waals surface area (Å²) < 4.78 is 66.2. The van der Waals surface area contributed by atoms with Crippen LogP contribution in [0.3, 0.4) is 0 Å². The molecule has 0 aromatic heterocycles. The van der Waals surface area contributed by atoms with Crippen molar-refractivity contribution >= 4 is 55.2 Å². The van der Waals surface area contributed by atoms with Gasteiger partial charge in [0.05, 0.1) is 51.6 Å². The number of rotatable bonds is 29. The molecule has 0 fully saturated rings. The monoisotopic (exact) mass is 1150 g/mol. The van der Waals surface area contributed by atoms with Gasteiger partial charge in [-0.15, -0.1) is 0 Å². The van der Waals surface area contributed by atoms with E-state index in [9.17, 15) is 48.3 Å². The Bertz CT molecular complexity index is 2620. The summed E-state index contributed by atoms with van der Waals surface area (Å²) in [6.45, 7) is 22.2. The summed E-state index contributed by atoms with van der Waals surface area (Å²) in [6.07, 6.45) is 11.7. The highest BCUT2D eigenvalue weighted by Crippen LogP contribution is 2.45. The third-order valence-electron chi connectivity index (χ3n) is 13.0. The minimum Gasteiger partial charge on any atom is -0.507 e. The second-order valence-corrected chi connectivity index (χ2v) is 36.8. The number of esters is 3. The molecule has 2 aliphatic rings. The molecule has 22 heteroatoms. The molecule has 0 bridgehead atoms. The van der Waals surface area contributed by atoms with E-state index in [0.717, 1.165) is 52.6 Å². The summed E-state index contributed by atoms with van der Waals surface area (Å²) in [5, 5.41) is 20.2. The predicted molar refractivity (Wildman–Crippen MR) is 305 cm³/mol. The van der Waals surface area contributed by atoms with E-state index in [4.69, 9.17) is 28.4 Å². The first-order valence-electron chi connectivity index (χ1n) is 25.3. The Kier molecular flexibility index (Phi) is 27.1. The van der Waals surface area contributed by atoms with Gasteiger partial charge in [0.15, 0.2) is 0 Å². The smallest absolute Gasteiger partial charge is 0.342 e. The summed E-state index contributed by atoms with van der Waals surface area (Å²) in [5.41, 5.74) is 6.57. The third-order valence-corrected chi connectivity index (χ3v) is 18.9. The highest BCUT2D eigenvalue weighted by molar-refractivity contribution is 7.53. The zero-order valence-corrected chi connectivity index (χ0v) is 50.7. The molecule has 2 aromatic carbocycles. The van der Waals surface area contributed by atoms with E-state index < -0.39 is 55.1 Å². The SMILES string of the molecule is C.COc1c(C)c2c(c(O)c1C/C=C(\C)CC(C/C=C/CP(=O)(O)OC)C(=O)O)C(=O)OC2.COc1c(C)c2c(c(OCC[Si](C)(C)C)c1C/C=C(\C)CC(C/C=C/CP(=O)(O)OC)C(=O)OCC[Si](C)(C)C)C(=O)OC2. The lowest BCUT2D eigenvalue weighted by Gasteiger charge is -2.22. The normalized spacial score (nSPS) is 16.0. The van der Waals surface area contributed by atoms with Crippen molar-refractivity contribution in [3.05, 3.63) is 92.1 Å². The Balaban J connectivity index is 0.000000545. The van der Waals surface area contributed by atoms with Gasteiger partial charge >= 0.3 is 39.1 Å². The van der Waals surface area contributed by atoms with Crippen molar-refractivity contribution in [1.29, 1.82) is 0 Å². The maximum Gasteiger partial charge on any atom is 0.342 e. The quantitative estimate of drug-likeness (QED) is 0.0194. The molecule has 2 aromatic rings. The lowest BCUT2D eigenvalue weighted by Crippen LogP contribution is -2.25. The van der Waals surface area contributed by atoms with Gasteiger partial charge in [0.1, 0.15) is 47.3 Å². The van der Waals surface area contributed by atoms with Crippen LogP contribution < -0.4 is 14.2 Å². The summed E-state index contributed by atoms with van der Waals surface area (Å²) in [4.78, 5) is 68.7. The Morgan fingerprint density at radius 2 is 1.09 bits per heavy atom. The van der Waals surface area contributed by atoms with Crippen LogP contribution in [0.1, 0.15) is 101 Å². The minimum atomic E-state index is -3.67. The van der Waals surface area contributed by atoms with Crippen molar-refractivity contribution < 1.29 is 85.8 Å². The summed E-state index contributed by atoms with van der Waals surface area (Å²) in [7, 11) is -4.67. The van der Waals surface area contributed by atoms with E-state index in [0.29, 0.717) is 66.4 Å². The number of benzene rings is 2. The number of aromatic hydroxyl groups is 1. The highest BCUT2D eigenvalue weighted by Gasteiger charge is 2.35. The van der Waals surface area contributed by atoms with Crippen LogP contribution >= 0.6 is 15.2 Å². The number of phenolic OH excluding ortho intramolecular Hbond substituents is 1. The van der Waals surface area contributed by atoms with E-state index in [-0.39, 0.29) is 75.5 Å². The number of aliphatic carboxylic acids is 1. The van der Waals surface area contributed by atoms with Crippen LogP contribution in [0.5, 0.6) is 23.0 Å². The number of carboxylic acid groups (broad SMARTS) is 1. The Labute approximate surface area is 458 Å². The fourth-order valence-corrected chi connectivity index (χ4v) is 10.9. The first-order valence-corrected chi connectivity index (χ1v) is 36.2. The number of ether oxygens (including phenoxy) is 6. The molecule has 0 saturated heterocycles. The van der Waals surface area contributed by atoms with Crippen LogP contribution in [0.2, 0.25) is 51.4 Å². The summed E-state index contributed by atoms with van der Waals surface area (Å²) in [5.74, 6) is -1.96. The number of hydrogen-bond donors (Lipinski definition) is 4. The zero-order chi connectivity index (χ0) is 57.3. The van der Waals surface area contributed by atoms with Crippen molar-refractivity contribution in [3.8, 4) is 23.0 Å². The molecule has 4 rings (SSSR count). The third kappa shape index (κ3) is 21.1. The molecule has 18 nitrogen and oxygen atoms in total. The van der Waals surface area contributed by atoms with Gasteiger partial charge in [-0.25, -0.2) is 9.59 Å². The topological polar surface area (TPSA) is 257 Å².